The maximum Gasteiger partial charge on any atom is 0.248 e. The number of nitrogens with one attached hydrogen (secondary N) is 3. The number of hydrazine groups is 1. The van der Waals surface area contributed by atoms with Crippen LogP contribution >= 0.6 is 0 Å². The van der Waals surface area contributed by atoms with Crippen LogP contribution in [0.5, 0.6) is 0 Å². The van der Waals surface area contributed by atoms with Gasteiger partial charge in [-0.15, -0.1) is 0 Å². The molecule has 4 nitrogen and oxygen atoms in total. The van der Waals surface area contributed by atoms with Gasteiger partial charge in [0, 0.05) is 12.6 Å². The quantitative estimate of drug-likeness (QED) is 0.464. The molecule has 3 aliphatic rings. The molecule has 1 saturated heterocycles. The first-order chi connectivity index (χ1) is 6.36. The number of hydrogen-bond donors (Lipinski definition) is 3. The largest absolute Gasteiger partial charge is 0.308 e. The monoisotopic (exact) mass is 177 g/mol. The molecule has 0 aromatic rings. The molecule has 0 spiro atoms. The van der Waals surface area contributed by atoms with Crippen molar-refractivity contribution in [1.29, 1.82) is 0 Å². The zero-order valence-corrected chi connectivity index (χ0v) is 7.13. The number of carbonyl (C=O) groups is 1. The van der Waals surface area contributed by atoms with E-state index in [-0.39, 0.29) is 11.8 Å². The highest BCUT2D eigenvalue weighted by atomic mass is 16.2. The Labute approximate surface area is 76.0 Å². The normalized spacial score (nSPS) is 35.5. The fraction of sp³-hybridized carbons (Fsp3) is 0.444. The second kappa shape index (κ2) is 2.35. The minimum atomic E-state index is -0.00556. The summed E-state index contributed by atoms with van der Waals surface area (Å²) in [4.78, 5) is 11.3. The van der Waals surface area contributed by atoms with E-state index in [1.54, 1.807) is 0 Å². The van der Waals surface area contributed by atoms with Crippen molar-refractivity contribution in [2.24, 2.45) is 5.92 Å². The molecule has 1 aliphatic carbocycles. The molecule has 0 aromatic carbocycles. The lowest BCUT2D eigenvalue weighted by molar-refractivity contribution is -0.122. The van der Waals surface area contributed by atoms with Crippen LogP contribution in [-0.2, 0) is 4.79 Å². The molecule has 13 heavy (non-hydrogen) atoms. The third kappa shape index (κ3) is 0.862. The number of rotatable bonds is 0. The molecule has 0 saturated carbocycles. The molecule has 2 aliphatic heterocycles. The maximum atomic E-state index is 11.3. The zero-order valence-electron chi connectivity index (χ0n) is 7.13. The number of fused-ring (bicyclic) bond motifs is 2. The van der Waals surface area contributed by atoms with E-state index in [2.05, 4.69) is 28.3 Å². The molecular formula is C9H11N3O. The van der Waals surface area contributed by atoms with Crippen molar-refractivity contribution in [2.75, 3.05) is 6.54 Å². The van der Waals surface area contributed by atoms with Crippen molar-refractivity contribution in [3.63, 3.8) is 0 Å². The topological polar surface area (TPSA) is 53.2 Å². The summed E-state index contributed by atoms with van der Waals surface area (Å²) in [5.74, 6) is 0.0720. The molecule has 1 amide bonds. The Balaban J connectivity index is 2.07. The summed E-state index contributed by atoms with van der Waals surface area (Å²) in [6, 6.07) is 0.423. The lowest BCUT2D eigenvalue weighted by atomic mass is 9.94. The van der Waals surface area contributed by atoms with Gasteiger partial charge in [-0.25, -0.2) is 0 Å². The summed E-state index contributed by atoms with van der Waals surface area (Å²) in [6.45, 7) is 0.754. The van der Waals surface area contributed by atoms with Crippen LogP contribution in [0.4, 0.5) is 0 Å². The van der Waals surface area contributed by atoms with Gasteiger partial charge in [-0.3, -0.25) is 10.2 Å². The van der Waals surface area contributed by atoms with Crippen molar-refractivity contribution < 1.29 is 4.79 Å². The highest BCUT2D eigenvalue weighted by Gasteiger charge is 2.37. The molecule has 0 aromatic heterocycles. The number of hydrogen-bond acceptors (Lipinski definition) is 3. The standard InChI is InChI=1S/C9H11N3O/c13-9-6-4-10-7-3-1-2-5(7)8(6)11-12-9/h1-2,6-7,10-11H,3-4H2,(H,12,13). The molecule has 3 rings (SSSR count). The predicted molar refractivity (Wildman–Crippen MR) is 47.3 cm³/mol. The van der Waals surface area contributed by atoms with Gasteiger partial charge < -0.3 is 10.7 Å². The smallest absolute Gasteiger partial charge is 0.248 e. The second-order valence-electron chi connectivity index (χ2n) is 3.63. The van der Waals surface area contributed by atoms with Gasteiger partial charge in [-0.2, -0.15) is 0 Å². The lowest BCUT2D eigenvalue weighted by Gasteiger charge is -2.25. The fourth-order valence-corrected chi connectivity index (χ4v) is 2.21. The molecule has 0 bridgehead atoms. The number of amides is 1. The van der Waals surface area contributed by atoms with Crippen LogP contribution in [0, 0.1) is 5.92 Å². The SMILES string of the molecule is O=C1NNC2=C3C=CCC3NCC12. The van der Waals surface area contributed by atoms with E-state index in [1.807, 2.05) is 0 Å². The Morgan fingerprint density at radius 1 is 1.38 bits per heavy atom. The molecule has 0 radical (unpaired) electrons. The molecule has 2 heterocycles. The van der Waals surface area contributed by atoms with E-state index in [0.29, 0.717) is 6.04 Å². The van der Waals surface area contributed by atoms with E-state index < -0.39 is 0 Å². The van der Waals surface area contributed by atoms with Crippen LogP contribution in [0.1, 0.15) is 6.42 Å². The van der Waals surface area contributed by atoms with E-state index in [1.165, 1.54) is 5.57 Å². The van der Waals surface area contributed by atoms with Crippen LogP contribution in [0.25, 0.3) is 0 Å². The van der Waals surface area contributed by atoms with Gasteiger partial charge >= 0.3 is 0 Å². The van der Waals surface area contributed by atoms with Crippen LogP contribution < -0.4 is 16.2 Å². The molecule has 4 heteroatoms. The highest BCUT2D eigenvalue weighted by Crippen LogP contribution is 2.29. The minimum absolute atomic E-state index is 0.00556. The highest BCUT2D eigenvalue weighted by molar-refractivity contribution is 5.85. The second-order valence-corrected chi connectivity index (χ2v) is 3.63. The van der Waals surface area contributed by atoms with Gasteiger partial charge in [0.1, 0.15) is 0 Å². The molecule has 68 valence electrons. The average molecular weight is 177 g/mol. The third-order valence-corrected chi connectivity index (χ3v) is 2.91. The summed E-state index contributed by atoms with van der Waals surface area (Å²) < 4.78 is 0. The Kier molecular flexibility index (Phi) is 1.29. The Hall–Kier alpha value is -1.29. The first kappa shape index (κ1) is 7.15. The van der Waals surface area contributed by atoms with E-state index in [9.17, 15) is 4.79 Å². The zero-order chi connectivity index (χ0) is 8.84. The Morgan fingerprint density at radius 3 is 3.23 bits per heavy atom. The van der Waals surface area contributed by atoms with Crippen LogP contribution in [0.15, 0.2) is 23.4 Å². The summed E-state index contributed by atoms with van der Waals surface area (Å²) in [7, 11) is 0. The first-order valence-corrected chi connectivity index (χ1v) is 4.56. The van der Waals surface area contributed by atoms with Crippen molar-refractivity contribution in [3.8, 4) is 0 Å². The van der Waals surface area contributed by atoms with Crippen LogP contribution in [-0.4, -0.2) is 18.5 Å². The van der Waals surface area contributed by atoms with Crippen molar-refractivity contribution in [3.05, 3.63) is 23.4 Å². The third-order valence-electron chi connectivity index (χ3n) is 2.91. The van der Waals surface area contributed by atoms with Gasteiger partial charge in [-0.1, -0.05) is 12.2 Å². The average Bonchev–Trinajstić information content (AvgIpc) is 2.70. The first-order valence-electron chi connectivity index (χ1n) is 4.56. The van der Waals surface area contributed by atoms with E-state index in [0.717, 1.165) is 18.7 Å². The van der Waals surface area contributed by atoms with Crippen molar-refractivity contribution in [2.45, 2.75) is 12.5 Å². The Morgan fingerprint density at radius 2 is 2.31 bits per heavy atom. The van der Waals surface area contributed by atoms with Gasteiger partial charge in [0.2, 0.25) is 5.91 Å². The van der Waals surface area contributed by atoms with Crippen LogP contribution in [0.2, 0.25) is 0 Å². The van der Waals surface area contributed by atoms with Crippen LogP contribution in [0.3, 0.4) is 0 Å². The van der Waals surface area contributed by atoms with Gasteiger partial charge in [0.25, 0.3) is 0 Å². The Bertz CT molecular complexity index is 332. The summed E-state index contributed by atoms with van der Waals surface area (Å²) in [5.41, 5.74) is 7.94. The minimum Gasteiger partial charge on any atom is -0.308 e. The van der Waals surface area contributed by atoms with E-state index in [4.69, 9.17) is 0 Å². The summed E-state index contributed by atoms with van der Waals surface area (Å²) in [5, 5.41) is 3.36. The van der Waals surface area contributed by atoms with Gasteiger partial charge in [0.05, 0.1) is 11.6 Å². The molecule has 3 N–H and O–H groups in total. The van der Waals surface area contributed by atoms with Crippen molar-refractivity contribution >= 4 is 5.91 Å². The molecule has 2 unspecified atom stereocenters. The molecule has 1 fully saturated rings. The van der Waals surface area contributed by atoms with Gasteiger partial charge in [-0.05, 0) is 12.0 Å². The number of carbonyl (C=O) groups excluding carboxylic acids is 1. The predicted octanol–water partition coefficient (Wildman–Crippen LogP) is -0.577. The fourth-order valence-electron chi connectivity index (χ4n) is 2.21. The van der Waals surface area contributed by atoms with E-state index >= 15 is 0 Å². The maximum absolute atomic E-state index is 11.3. The summed E-state index contributed by atoms with van der Waals surface area (Å²) in [6.07, 6.45) is 5.29. The molecule has 2 atom stereocenters. The van der Waals surface area contributed by atoms with Crippen molar-refractivity contribution in [1.82, 2.24) is 16.2 Å². The molecular weight excluding hydrogens is 166 g/mol. The lowest BCUT2D eigenvalue weighted by Crippen LogP contribution is -2.40. The van der Waals surface area contributed by atoms with Gasteiger partial charge in [0.15, 0.2) is 0 Å². The summed E-state index contributed by atoms with van der Waals surface area (Å²) >= 11 is 0.